The van der Waals surface area contributed by atoms with Crippen LogP contribution in [0.15, 0.2) is 112 Å². The fraction of sp³-hybridized carbons (Fsp3) is 0.257. The van der Waals surface area contributed by atoms with Crippen LogP contribution < -0.4 is 14.8 Å². The topological polar surface area (TPSA) is 138 Å². The van der Waals surface area contributed by atoms with Gasteiger partial charge in [-0.05, 0) is 64.7 Å². The van der Waals surface area contributed by atoms with E-state index in [0.29, 0.717) is 30.2 Å². The molecule has 2 N–H and O–H groups in total. The number of rotatable bonds is 14. The van der Waals surface area contributed by atoms with Gasteiger partial charge in [0.1, 0.15) is 11.5 Å². The predicted molar refractivity (Wildman–Crippen MR) is 179 cm³/mol. The van der Waals surface area contributed by atoms with Crippen molar-refractivity contribution in [2.75, 3.05) is 20.3 Å². The van der Waals surface area contributed by atoms with E-state index in [9.17, 15) is 4.79 Å². The number of hydrogen-bond acceptors (Lipinski definition) is 7. The smallest absolute Gasteiger partial charge is 0.252 e. The molecule has 0 bridgehead atoms. The maximum absolute atomic E-state index is 14.6. The summed E-state index contributed by atoms with van der Waals surface area (Å²) >= 11 is 3.68. The molecule has 0 unspecified atom stereocenters. The molecular formula is C35H34BrN5O5. The van der Waals surface area contributed by atoms with Crippen LogP contribution in [0.1, 0.15) is 40.3 Å². The first-order valence-corrected chi connectivity index (χ1v) is 15.6. The van der Waals surface area contributed by atoms with Crippen LogP contribution in [0, 0.1) is 0 Å². The molecule has 0 fully saturated rings. The second-order valence-corrected chi connectivity index (χ2v) is 11.5. The second kappa shape index (κ2) is 15.4. The van der Waals surface area contributed by atoms with Crippen molar-refractivity contribution in [1.82, 2.24) is 5.32 Å². The number of carbonyl (C=O) groups is 1. The minimum Gasteiger partial charge on any atom is -0.497 e. The highest BCUT2D eigenvalue weighted by molar-refractivity contribution is 9.10. The number of benzene rings is 4. The minimum atomic E-state index is -1.44. The number of amides is 1. The number of methoxy groups -OCH3 is 1. The lowest BCUT2D eigenvalue weighted by atomic mass is 9.81. The van der Waals surface area contributed by atoms with Gasteiger partial charge in [0.05, 0.1) is 20.3 Å². The first-order chi connectivity index (χ1) is 22.5. The molecule has 0 radical (unpaired) electrons. The van der Waals surface area contributed by atoms with E-state index in [-0.39, 0.29) is 32.0 Å². The van der Waals surface area contributed by atoms with Crippen LogP contribution in [0.2, 0.25) is 0 Å². The number of ether oxygens (including phenoxy) is 3. The van der Waals surface area contributed by atoms with Crippen LogP contribution >= 0.6 is 15.9 Å². The third-order valence-corrected chi connectivity index (χ3v) is 8.43. The van der Waals surface area contributed by atoms with Crippen molar-refractivity contribution in [3.8, 4) is 11.5 Å². The summed E-state index contributed by atoms with van der Waals surface area (Å²) in [5.74, 6) is 1.37. The molecule has 236 valence electrons. The van der Waals surface area contributed by atoms with Gasteiger partial charge in [-0.1, -0.05) is 75.6 Å². The first kappa shape index (κ1) is 32.6. The van der Waals surface area contributed by atoms with Crippen molar-refractivity contribution in [2.24, 2.45) is 10.1 Å². The highest BCUT2D eigenvalue weighted by Crippen LogP contribution is 2.45. The summed E-state index contributed by atoms with van der Waals surface area (Å²) in [7, 11) is 1.61. The maximum Gasteiger partial charge on any atom is 0.252 e. The van der Waals surface area contributed by atoms with E-state index in [1.54, 1.807) is 7.11 Å². The first-order valence-electron chi connectivity index (χ1n) is 14.8. The van der Waals surface area contributed by atoms with E-state index >= 15 is 0 Å². The number of halogens is 1. The van der Waals surface area contributed by atoms with E-state index in [1.807, 2.05) is 97.1 Å². The molecule has 4 aromatic rings. The highest BCUT2D eigenvalue weighted by atomic mass is 79.9. The number of hydrogen-bond donors (Lipinski definition) is 2. The fourth-order valence-electron chi connectivity index (χ4n) is 5.31. The molecule has 0 spiro atoms. The van der Waals surface area contributed by atoms with Crippen molar-refractivity contribution in [1.29, 1.82) is 0 Å². The normalized spacial score (nSPS) is 16.9. The van der Waals surface area contributed by atoms with Crippen LogP contribution in [0.25, 0.3) is 10.4 Å². The van der Waals surface area contributed by atoms with Crippen LogP contribution in [0.5, 0.6) is 11.5 Å². The molecule has 11 heteroatoms. The Balaban J connectivity index is 1.59. The number of aliphatic hydroxyl groups is 1. The molecule has 0 aliphatic carbocycles. The Morgan fingerprint density at radius 1 is 1.02 bits per heavy atom. The van der Waals surface area contributed by atoms with E-state index < -0.39 is 11.6 Å². The van der Waals surface area contributed by atoms with Gasteiger partial charge in [0.25, 0.3) is 5.91 Å². The third kappa shape index (κ3) is 7.51. The summed E-state index contributed by atoms with van der Waals surface area (Å²) in [4.78, 5) is 22.7. The molecule has 4 aromatic carbocycles. The molecule has 46 heavy (non-hydrogen) atoms. The Labute approximate surface area is 275 Å². The molecule has 0 aromatic heterocycles. The average Bonchev–Trinajstić information content (AvgIpc) is 3.47. The standard InChI is InChI=1S/C35H34BrN5O5/c1-44-28-15-11-24(12-16-28)22-38-34(43)35(21-26-7-2-3-8-27(26)23-39-41-37)32(30-9-4-5-10-31(30)36)46-33(40-35)25-13-17-29(18-14-25)45-20-6-19-42/h2-5,7-18,32,42H,6,19-23H2,1H3,(H,38,43)/t32-,35-/m1/s1. The zero-order valence-corrected chi connectivity index (χ0v) is 26.9. The monoisotopic (exact) mass is 683 g/mol. The van der Waals surface area contributed by atoms with Crippen LogP contribution in [0.3, 0.4) is 0 Å². The van der Waals surface area contributed by atoms with E-state index in [4.69, 9.17) is 29.8 Å². The number of nitrogens with zero attached hydrogens (tertiary/aromatic N) is 4. The Morgan fingerprint density at radius 2 is 1.72 bits per heavy atom. The maximum atomic E-state index is 14.6. The predicted octanol–water partition coefficient (Wildman–Crippen LogP) is 6.85. The number of aliphatic imine (C=N–C) groups is 1. The van der Waals surface area contributed by atoms with E-state index in [1.165, 1.54) is 0 Å². The summed E-state index contributed by atoms with van der Waals surface area (Å²) < 4.78 is 18.4. The van der Waals surface area contributed by atoms with Crippen molar-refractivity contribution < 1.29 is 24.1 Å². The van der Waals surface area contributed by atoms with E-state index in [0.717, 1.165) is 32.5 Å². The van der Waals surface area contributed by atoms with Gasteiger partial charge in [-0.2, -0.15) is 0 Å². The quantitative estimate of drug-likeness (QED) is 0.0648. The molecular weight excluding hydrogens is 650 g/mol. The molecule has 1 heterocycles. The molecule has 1 aliphatic heterocycles. The number of aliphatic hydroxyl groups excluding tert-OH is 1. The molecule has 5 rings (SSSR count). The van der Waals surface area contributed by atoms with Crippen molar-refractivity contribution in [3.05, 3.63) is 140 Å². The fourth-order valence-corrected chi connectivity index (χ4v) is 5.80. The van der Waals surface area contributed by atoms with E-state index in [2.05, 4.69) is 31.3 Å². The minimum absolute atomic E-state index is 0.0494. The number of carbonyl (C=O) groups excluding carboxylic acids is 1. The largest absolute Gasteiger partial charge is 0.497 e. The molecule has 1 aliphatic rings. The van der Waals surface area contributed by atoms with Crippen LogP contribution in [-0.2, 0) is 29.0 Å². The zero-order valence-electron chi connectivity index (χ0n) is 25.3. The summed E-state index contributed by atoms with van der Waals surface area (Å²) in [6, 6.07) is 30.0. The molecule has 2 atom stereocenters. The lowest BCUT2D eigenvalue weighted by Crippen LogP contribution is -2.50. The van der Waals surface area contributed by atoms with Crippen LogP contribution in [0.4, 0.5) is 0 Å². The third-order valence-electron chi connectivity index (χ3n) is 7.71. The molecule has 10 nitrogen and oxygen atoms in total. The summed E-state index contributed by atoms with van der Waals surface area (Å²) in [6.07, 6.45) is -0.0985. The van der Waals surface area contributed by atoms with Gasteiger partial charge in [0.15, 0.2) is 11.6 Å². The molecule has 0 saturated heterocycles. The lowest BCUT2D eigenvalue weighted by Gasteiger charge is -2.32. The van der Waals surface area contributed by atoms with Gasteiger partial charge in [-0.3, -0.25) is 4.79 Å². The second-order valence-electron chi connectivity index (χ2n) is 10.7. The summed E-state index contributed by atoms with van der Waals surface area (Å²) in [5, 5.41) is 16.0. The van der Waals surface area contributed by atoms with Gasteiger partial charge in [0.2, 0.25) is 5.90 Å². The van der Waals surface area contributed by atoms with Gasteiger partial charge in [-0.15, -0.1) is 0 Å². The summed E-state index contributed by atoms with van der Waals surface area (Å²) in [6.45, 7) is 0.835. The highest BCUT2D eigenvalue weighted by Gasteiger charge is 2.54. The summed E-state index contributed by atoms with van der Waals surface area (Å²) in [5.41, 5.74) is 11.5. The molecule has 0 saturated carbocycles. The van der Waals surface area contributed by atoms with Crippen molar-refractivity contribution in [2.45, 2.75) is 37.6 Å². The van der Waals surface area contributed by atoms with Gasteiger partial charge < -0.3 is 24.6 Å². The average molecular weight is 685 g/mol. The number of azide groups is 1. The van der Waals surface area contributed by atoms with Gasteiger partial charge in [0, 0.05) is 46.5 Å². The van der Waals surface area contributed by atoms with Crippen molar-refractivity contribution in [3.63, 3.8) is 0 Å². The Morgan fingerprint density at radius 3 is 2.41 bits per heavy atom. The Kier molecular flexibility index (Phi) is 10.9. The van der Waals surface area contributed by atoms with Gasteiger partial charge >= 0.3 is 0 Å². The lowest BCUT2D eigenvalue weighted by molar-refractivity contribution is -0.129. The Hall–Kier alpha value is -4.83. The Bertz CT molecular complexity index is 1720. The van der Waals surface area contributed by atoms with Gasteiger partial charge in [-0.25, -0.2) is 4.99 Å². The van der Waals surface area contributed by atoms with Crippen LogP contribution in [-0.4, -0.2) is 42.8 Å². The molecule has 1 amide bonds. The van der Waals surface area contributed by atoms with Crippen molar-refractivity contribution >= 4 is 27.7 Å². The zero-order chi connectivity index (χ0) is 32.4. The number of nitrogens with one attached hydrogen (secondary N) is 1. The SMILES string of the molecule is COc1ccc(CNC(=O)[C@]2(Cc3ccccc3CN=[N+]=[N-])N=C(c3ccc(OCCCO)cc3)O[C@@H]2c2ccccc2Br)cc1.